The van der Waals surface area contributed by atoms with Gasteiger partial charge in [-0.2, -0.15) is 0 Å². The van der Waals surface area contributed by atoms with Crippen LogP contribution in [0.25, 0.3) is 0 Å². The zero-order chi connectivity index (χ0) is 13.8. The summed E-state index contributed by atoms with van der Waals surface area (Å²) in [5, 5.41) is 2.73. The minimum atomic E-state index is -0.124. The highest BCUT2D eigenvalue weighted by atomic mass is 16.3. The van der Waals surface area contributed by atoms with E-state index in [1.165, 1.54) is 6.26 Å². The van der Waals surface area contributed by atoms with Crippen molar-refractivity contribution in [1.82, 2.24) is 9.88 Å². The Kier molecular flexibility index (Phi) is 3.54. The summed E-state index contributed by atoms with van der Waals surface area (Å²) >= 11 is 0. The molecule has 3 heterocycles. The van der Waals surface area contributed by atoms with Crippen LogP contribution in [-0.2, 0) is 0 Å². The number of amides is 2. The van der Waals surface area contributed by atoms with Crippen molar-refractivity contribution in [3.8, 4) is 0 Å². The maximum absolute atomic E-state index is 12.0. The summed E-state index contributed by atoms with van der Waals surface area (Å²) in [5.74, 6) is 1.43. The van der Waals surface area contributed by atoms with Gasteiger partial charge in [0.15, 0.2) is 0 Å². The molecule has 0 aromatic carbocycles. The lowest BCUT2D eigenvalue weighted by molar-refractivity contribution is 0.207. The Labute approximate surface area is 117 Å². The Morgan fingerprint density at radius 2 is 2.00 bits per heavy atom. The Hall–Kier alpha value is -2.50. The maximum atomic E-state index is 12.0. The van der Waals surface area contributed by atoms with Gasteiger partial charge >= 0.3 is 6.03 Å². The Bertz CT molecular complexity index is 548. The first-order chi connectivity index (χ1) is 9.83. The molecule has 0 atom stereocenters. The van der Waals surface area contributed by atoms with Gasteiger partial charge in [0.25, 0.3) is 0 Å². The van der Waals surface area contributed by atoms with Crippen LogP contribution in [0.5, 0.6) is 0 Å². The lowest BCUT2D eigenvalue weighted by Crippen LogP contribution is -2.50. The Morgan fingerprint density at radius 3 is 2.65 bits per heavy atom. The molecule has 20 heavy (non-hydrogen) atoms. The summed E-state index contributed by atoms with van der Waals surface area (Å²) < 4.78 is 5.11. The number of nitrogens with one attached hydrogen (secondary N) is 1. The first-order valence-corrected chi connectivity index (χ1v) is 6.58. The molecule has 0 radical (unpaired) electrons. The molecule has 0 bridgehead atoms. The molecule has 2 aromatic heterocycles. The van der Waals surface area contributed by atoms with E-state index in [1.807, 2.05) is 18.2 Å². The summed E-state index contributed by atoms with van der Waals surface area (Å²) in [6.45, 7) is 2.90. The largest absolute Gasteiger partial charge is 0.449 e. The molecule has 0 saturated carbocycles. The summed E-state index contributed by atoms with van der Waals surface area (Å²) in [6.07, 6.45) is 3.32. The van der Waals surface area contributed by atoms with Gasteiger partial charge in [-0.05, 0) is 18.2 Å². The maximum Gasteiger partial charge on any atom is 0.324 e. The topological polar surface area (TPSA) is 61.6 Å². The highest BCUT2D eigenvalue weighted by Gasteiger charge is 2.22. The third-order valence-electron chi connectivity index (χ3n) is 3.29. The van der Waals surface area contributed by atoms with E-state index in [1.54, 1.807) is 23.2 Å². The molecule has 2 amide bonds. The first-order valence-electron chi connectivity index (χ1n) is 6.58. The van der Waals surface area contributed by atoms with Crippen molar-refractivity contribution in [2.45, 2.75) is 0 Å². The number of aromatic nitrogens is 1. The number of rotatable bonds is 2. The number of furan rings is 1. The van der Waals surface area contributed by atoms with Gasteiger partial charge < -0.3 is 14.2 Å². The third kappa shape index (κ3) is 2.74. The molecular weight excluding hydrogens is 256 g/mol. The fraction of sp³-hybridized carbons (Fsp3) is 0.286. The molecule has 3 rings (SSSR count). The second-order valence-electron chi connectivity index (χ2n) is 4.57. The van der Waals surface area contributed by atoms with E-state index in [2.05, 4.69) is 15.2 Å². The van der Waals surface area contributed by atoms with Gasteiger partial charge in [0, 0.05) is 38.4 Å². The SMILES string of the molecule is O=C(Nc1ccco1)N1CCN(c2ccccn2)CC1. The molecule has 1 aliphatic heterocycles. The molecule has 1 N–H and O–H groups in total. The summed E-state index contributed by atoms with van der Waals surface area (Å²) in [4.78, 5) is 20.3. The summed E-state index contributed by atoms with van der Waals surface area (Å²) in [5.41, 5.74) is 0. The number of piperazine rings is 1. The average Bonchev–Trinajstić information content (AvgIpc) is 3.01. The van der Waals surface area contributed by atoms with Crippen molar-refractivity contribution < 1.29 is 9.21 Å². The van der Waals surface area contributed by atoms with Gasteiger partial charge in [0.05, 0.1) is 6.26 Å². The molecule has 1 fully saturated rings. The zero-order valence-electron chi connectivity index (χ0n) is 11.0. The number of anilines is 2. The van der Waals surface area contributed by atoms with Crippen LogP contribution in [0.2, 0.25) is 0 Å². The van der Waals surface area contributed by atoms with Crippen molar-refractivity contribution in [3.05, 3.63) is 42.8 Å². The smallest absolute Gasteiger partial charge is 0.324 e. The standard InChI is InChI=1S/C14H16N4O2/c19-14(16-13-5-3-11-20-13)18-9-7-17(8-10-18)12-4-1-2-6-15-12/h1-6,11H,7-10H2,(H,16,19). The fourth-order valence-corrected chi connectivity index (χ4v) is 2.21. The molecule has 2 aromatic rings. The van der Waals surface area contributed by atoms with E-state index in [0.29, 0.717) is 19.0 Å². The van der Waals surface area contributed by atoms with E-state index < -0.39 is 0 Å². The lowest BCUT2D eigenvalue weighted by atomic mass is 10.3. The highest BCUT2D eigenvalue weighted by Crippen LogP contribution is 2.14. The van der Waals surface area contributed by atoms with E-state index in [0.717, 1.165) is 18.9 Å². The van der Waals surface area contributed by atoms with E-state index in [9.17, 15) is 4.79 Å². The van der Waals surface area contributed by atoms with Crippen LogP contribution < -0.4 is 10.2 Å². The number of hydrogen-bond acceptors (Lipinski definition) is 4. The Balaban J connectivity index is 1.54. The minimum Gasteiger partial charge on any atom is -0.449 e. The van der Waals surface area contributed by atoms with Crippen LogP contribution in [0.4, 0.5) is 16.5 Å². The number of carbonyl (C=O) groups excluding carboxylic acids is 1. The normalized spacial score (nSPS) is 15.2. The predicted octanol–water partition coefficient (Wildman–Crippen LogP) is 2.03. The van der Waals surface area contributed by atoms with Crippen molar-refractivity contribution in [2.75, 3.05) is 36.4 Å². The van der Waals surface area contributed by atoms with E-state index in [-0.39, 0.29) is 6.03 Å². The van der Waals surface area contributed by atoms with E-state index in [4.69, 9.17) is 4.42 Å². The second kappa shape index (κ2) is 5.64. The predicted molar refractivity (Wildman–Crippen MR) is 75.7 cm³/mol. The number of urea groups is 1. The lowest BCUT2D eigenvalue weighted by Gasteiger charge is -2.35. The van der Waals surface area contributed by atoms with Crippen LogP contribution in [-0.4, -0.2) is 42.1 Å². The average molecular weight is 272 g/mol. The first kappa shape index (κ1) is 12.5. The second-order valence-corrected chi connectivity index (χ2v) is 4.57. The molecule has 0 unspecified atom stereocenters. The van der Waals surface area contributed by atoms with Crippen LogP contribution in [0.1, 0.15) is 0 Å². The fourth-order valence-electron chi connectivity index (χ4n) is 2.21. The number of carbonyl (C=O) groups is 1. The van der Waals surface area contributed by atoms with Gasteiger partial charge in [-0.25, -0.2) is 9.78 Å². The molecule has 0 aliphatic carbocycles. The quantitative estimate of drug-likeness (QED) is 0.908. The molecule has 6 nitrogen and oxygen atoms in total. The van der Waals surface area contributed by atoms with Crippen molar-refractivity contribution in [1.29, 1.82) is 0 Å². The van der Waals surface area contributed by atoms with Crippen LogP contribution >= 0.6 is 0 Å². The molecule has 1 saturated heterocycles. The third-order valence-corrected chi connectivity index (χ3v) is 3.29. The van der Waals surface area contributed by atoms with Gasteiger partial charge in [0.1, 0.15) is 5.82 Å². The monoisotopic (exact) mass is 272 g/mol. The van der Waals surface area contributed by atoms with Crippen molar-refractivity contribution in [2.24, 2.45) is 0 Å². The minimum absolute atomic E-state index is 0.124. The summed E-state index contributed by atoms with van der Waals surface area (Å²) in [6, 6.07) is 9.20. The molecular formula is C14H16N4O2. The van der Waals surface area contributed by atoms with E-state index >= 15 is 0 Å². The van der Waals surface area contributed by atoms with Gasteiger partial charge in [-0.1, -0.05) is 6.07 Å². The number of nitrogens with zero attached hydrogens (tertiary/aromatic N) is 3. The molecule has 1 aliphatic rings. The zero-order valence-corrected chi connectivity index (χ0v) is 11.0. The van der Waals surface area contributed by atoms with Gasteiger partial charge in [0.2, 0.25) is 5.88 Å². The summed E-state index contributed by atoms with van der Waals surface area (Å²) in [7, 11) is 0. The van der Waals surface area contributed by atoms with Crippen LogP contribution in [0.3, 0.4) is 0 Å². The molecule has 6 heteroatoms. The number of hydrogen-bond donors (Lipinski definition) is 1. The van der Waals surface area contributed by atoms with Gasteiger partial charge in [-0.15, -0.1) is 0 Å². The van der Waals surface area contributed by atoms with Crippen LogP contribution in [0, 0.1) is 0 Å². The molecule has 0 spiro atoms. The van der Waals surface area contributed by atoms with Crippen molar-refractivity contribution >= 4 is 17.7 Å². The van der Waals surface area contributed by atoms with Crippen molar-refractivity contribution in [3.63, 3.8) is 0 Å². The number of pyridine rings is 1. The molecule has 104 valence electrons. The van der Waals surface area contributed by atoms with Gasteiger partial charge in [-0.3, -0.25) is 5.32 Å². The van der Waals surface area contributed by atoms with Crippen LogP contribution in [0.15, 0.2) is 47.2 Å². The highest BCUT2D eigenvalue weighted by molar-refractivity contribution is 5.88. The Morgan fingerprint density at radius 1 is 1.15 bits per heavy atom.